The Morgan fingerprint density at radius 3 is 3.00 bits per heavy atom. The van der Waals surface area contributed by atoms with Gasteiger partial charge < -0.3 is 5.32 Å². The number of nitrogens with one attached hydrogen (secondary N) is 1. The zero-order chi connectivity index (χ0) is 13.7. The van der Waals surface area contributed by atoms with Gasteiger partial charge >= 0.3 is 0 Å². The van der Waals surface area contributed by atoms with E-state index < -0.39 is 0 Å². The van der Waals surface area contributed by atoms with Crippen LogP contribution in [0.2, 0.25) is 5.02 Å². The molecule has 0 unspecified atom stereocenters. The van der Waals surface area contributed by atoms with E-state index in [-0.39, 0.29) is 5.91 Å². The van der Waals surface area contributed by atoms with E-state index in [0.29, 0.717) is 10.9 Å². The van der Waals surface area contributed by atoms with Crippen LogP contribution < -0.4 is 5.32 Å². The van der Waals surface area contributed by atoms with Crippen molar-refractivity contribution < 1.29 is 4.79 Å². The molecule has 1 heterocycles. The molecule has 0 saturated heterocycles. The van der Waals surface area contributed by atoms with Crippen LogP contribution in [0, 0.1) is 0 Å². The highest BCUT2D eigenvalue weighted by Crippen LogP contribution is 2.24. The molecule has 0 bridgehead atoms. The molecule has 0 aliphatic rings. The van der Waals surface area contributed by atoms with Gasteiger partial charge in [0, 0.05) is 22.5 Å². The molecule has 6 heteroatoms. The lowest BCUT2D eigenvalue weighted by atomic mass is 10.1. The molecule has 0 atom stereocenters. The third-order valence-electron chi connectivity index (χ3n) is 2.40. The molecule has 1 aromatic heterocycles. The van der Waals surface area contributed by atoms with Crippen LogP contribution in [0.25, 0.3) is 0 Å². The van der Waals surface area contributed by atoms with Gasteiger partial charge in [0.2, 0.25) is 5.91 Å². The van der Waals surface area contributed by atoms with Gasteiger partial charge in [0.25, 0.3) is 0 Å². The van der Waals surface area contributed by atoms with Crippen molar-refractivity contribution in [3.05, 3.63) is 45.9 Å². The molecular formula is C13H13ClN2OS2. The van der Waals surface area contributed by atoms with Gasteiger partial charge in [0.15, 0.2) is 5.13 Å². The minimum absolute atomic E-state index is 0.0221. The van der Waals surface area contributed by atoms with Crippen LogP contribution in [0.1, 0.15) is 10.4 Å². The smallest absolute Gasteiger partial charge is 0.236 e. The summed E-state index contributed by atoms with van der Waals surface area (Å²) in [7, 11) is 0. The number of hydrogen-bond acceptors (Lipinski definition) is 4. The second-order valence-corrected chi connectivity index (χ2v) is 6.27. The van der Waals surface area contributed by atoms with Gasteiger partial charge in [-0.3, -0.25) is 4.79 Å². The maximum absolute atomic E-state index is 11.4. The minimum Gasteiger partial charge on any atom is -0.301 e. The summed E-state index contributed by atoms with van der Waals surface area (Å²) in [5, 5.41) is 4.17. The van der Waals surface area contributed by atoms with Gasteiger partial charge in [-0.15, -0.1) is 11.3 Å². The number of thioether (sulfide) groups is 1. The zero-order valence-corrected chi connectivity index (χ0v) is 12.7. The lowest BCUT2D eigenvalue weighted by Gasteiger charge is -2.01. The van der Waals surface area contributed by atoms with Gasteiger partial charge in [-0.25, -0.2) is 4.98 Å². The van der Waals surface area contributed by atoms with Crippen molar-refractivity contribution in [1.82, 2.24) is 4.98 Å². The fourth-order valence-electron chi connectivity index (χ4n) is 1.56. The molecule has 0 fully saturated rings. The highest BCUT2D eigenvalue weighted by atomic mass is 35.5. The second-order valence-electron chi connectivity index (χ2n) is 3.88. The Labute approximate surface area is 125 Å². The monoisotopic (exact) mass is 312 g/mol. The van der Waals surface area contributed by atoms with E-state index in [1.54, 1.807) is 6.20 Å². The molecule has 0 radical (unpaired) electrons. The van der Waals surface area contributed by atoms with E-state index in [1.807, 2.05) is 30.5 Å². The molecule has 1 amide bonds. The first kappa shape index (κ1) is 14.4. The largest absolute Gasteiger partial charge is 0.301 e. The Morgan fingerprint density at radius 2 is 2.26 bits per heavy atom. The third kappa shape index (κ3) is 4.23. The topological polar surface area (TPSA) is 42.0 Å². The normalized spacial score (nSPS) is 10.4. The van der Waals surface area contributed by atoms with Crippen LogP contribution in [-0.2, 0) is 11.2 Å². The number of carbonyl (C=O) groups excluding carboxylic acids is 1. The molecule has 0 aliphatic carbocycles. The number of nitrogens with zero attached hydrogens (tertiary/aromatic N) is 1. The molecule has 2 rings (SSSR count). The van der Waals surface area contributed by atoms with Crippen molar-refractivity contribution in [2.75, 3.05) is 17.3 Å². The lowest BCUT2D eigenvalue weighted by molar-refractivity contribution is -0.113. The van der Waals surface area contributed by atoms with Gasteiger partial charge in [-0.05, 0) is 17.9 Å². The SMILES string of the molecule is CSCC(=O)Nc1ncc(Cc2ccccc2Cl)s1. The summed E-state index contributed by atoms with van der Waals surface area (Å²) in [4.78, 5) is 16.7. The van der Waals surface area contributed by atoms with Crippen molar-refractivity contribution in [3.63, 3.8) is 0 Å². The van der Waals surface area contributed by atoms with E-state index in [9.17, 15) is 4.79 Å². The zero-order valence-electron chi connectivity index (χ0n) is 10.4. The number of thiazole rings is 1. The van der Waals surface area contributed by atoms with E-state index in [2.05, 4.69) is 10.3 Å². The number of rotatable bonds is 5. The van der Waals surface area contributed by atoms with E-state index in [1.165, 1.54) is 23.1 Å². The summed E-state index contributed by atoms with van der Waals surface area (Å²) in [6, 6.07) is 7.74. The first-order chi connectivity index (χ1) is 9.19. The molecule has 0 spiro atoms. The number of aromatic nitrogens is 1. The molecule has 100 valence electrons. The van der Waals surface area contributed by atoms with Crippen molar-refractivity contribution in [2.45, 2.75) is 6.42 Å². The number of amides is 1. The Morgan fingerprint density at radius 1 is 1.47 bits per heavy atom. The van der Waals surface area contributed by atoms with Crippen LogP contribution in [0.15, 0.2) is 30.5 Å². The van der Waals surface area contributed by atoms with Gasteiger partial charge in [-0.2, -0.15) is 11.8 Å². The highest BCUT2D eigenvalue weighted by molar-refractivity contribution is 7.99. The van der Waals surface area contributed by atoms with Crippen molar-refractivity contribution in [3.8, 4) is 0 Å². The average molecular weight is 313 g/mol. The predicted molar refractivity (Wildman–Crippen MR) is 83.4 cm³/mol. The molecule has 1 aromatic carbocycles. The fourth-order valence-corrected chi connectivity index (χ4v) is 2.95. The minimum atomic E-state index is -0.0221. The molecule has 0 aliphatic heterocycles. The fraction of sp³-hybridized carbons (Fsp3) is 0.231. The van der Waals surface area contributed by atoms with Crippen molar-refractivity contribution in [1.29, 1.82) is 0 Å². The Hall–Kier alpha value is -1.04. The van der Waals surface area contributed by atoms with Gasteiger partial charge in [0.1, 0.15) is 0 Å². The number of benzene rings is 1. The van der Waals surface area contributed by atoms with Crippen LogP contribution in [0.3, 0.4) is 0 Å². The van der Waals surface area contributed by atoms with Crippen molar-refractivity contribution >= 4 is 45.7 Å². The molecule has 1 N–H and O–H groups in total. The average Bonchev–Trinajstić information content (AvgIpc) is 2.80. The molecule has 19 heavy (non-hydrogen) atoms. The van der Waals surface area contributed by atoms with Gasteiger partial charge in [0.05, 0.1) is 5.75 Å². The van der Waals surface area contributed by atoms with Crippen molar-refractivity contribution in [2.24, 2.45) is 0 Å². The maximum atomic E-state index is 11.4. The quantitative estimate of drug-likeness (QED) is 0.915. The standard InChI is InChI=1S/C13H13ClN2OS2/c1-18-8-12(17)16-13-15-7-10(19-13)6-9-4-2-3-5-11(9)14/h2-5,7H,6,8H2,1H3,(H,15,16,17). The number of carbonyl (C=O) groups is 1. The highest BCUT2D eigenvalue weighted by Gasteiger charge is 2.08. The molecule has 3 nitrogen and oxygen atoms in total. The maximum Gasteiger partial charge on any atom is 0.236 e. The predicted octanol–water partition coefficient (Wildman–Crippen LogP) is 3.69. The summed E-state index contributed by atoms with van der Waals surface area (Å²) in [5.41, 5.74) is 1.06. The summed E-state index contributed by atoms with van der Waals surface area (Å²) >= 11 is 9.09. The number of hydrogen-bond donors (Lipinski definition) is 1. The van der Waals surface area contributed by atoms with E-state index in [0.717, 1.165) is 21.9 Å². The number of anilines is 1. The summed E-state index contributed by atoms with van der Waals surface area (Å²) in [6.07, 6.45) is 4.41. The van der Waals surface area contributed by atoms with E-state index >= 15 is 0 Å². The summed E-state index contributed by atoms with van der Waals surface area (Å²) < 4.78 is 0. The van der Waals surface area contributed by atoms with Crippen LogP contribution in [0.4, 0.5) is 5.13 Å². The summed E-state index contributed by atoms with van der Waals surface area (Å²) in [5.74, 6) is 0.422. The molecule has 2 aromatic rings. The second kappa shape index (κ2) is 6.93. The molecular weight excluding hydrogens is 300 g/mol. The van der Waals surface area contributed by atoms with Gasteiger partial charge in [-0.1, -0.05) is 29.8 Å². The first-order valence-electron chi connectivity index (χ1n) is 5.66. The number of halogens is 1. The van der Waals surface area contributed by atoms with E-state index in [4.69, 9.17) is 11.6 Å². The Balaban J connectivity index is 2.02. The van der Waals surface area contributed by atoms with Crippen LogP contribution in [0.5, 0.6) is 0 Å². The van der Waals surface area contributed by atoms with Crippen LogP contribution in [-0.4, -0.2) is 22.9 Å². The first-order valence-corrected chi connectivity index (χ1v) is 8.25. The third-order valence-corrected chi connectivity index (χ3v) is 4.23. The molecule has 0 saturated carbocycles. The lowest BCUT2D eigenvalue weighted by Crippen LogP contribution is -2.13. The Bertz CT molecular complexity index is 571. The summed E-state index contributed by atoms with van der Waals surface area (Å²) in [6.45, 7) is 0. The van der Waals surface area contributed by atoms with Crippen LogP contribution >= 0.6 is 34.7 Å². The Kier molecular flexibility index (Phi) is 5.24.